The predicted molar refractivity (Wildman–Crippen MR) is 133 cm³/mol. The average molecular weight is 491 g/mol. The van der Waals surface area contributed by atoms with Crippen LogP contribution >= 0.6 is 11.6 Å². The molecule has 0 atom stereocenters. The number of carbonyl (C=O) groups excluding carboxylic acids is 1. The first-order valence-corrected chi connectivity index (χ1v) is 13.2. The number of nitrogens with zero attached hydrogens (tertiary/aromatic N) is 4. The van der Waals surface area contributed by atoms with Gasteiger partial charge in [-0.25, -0.2) is 12.7 Å². The summed E-state index contributed by atoms with van der Waals surface area (Å²) < 4.78 is 26.7. The molecular weight excluding hydrogens is 460 g/mol. The lowest BCUT2D eigenvalue weighted by atomic mass is 10.1. The second-order valence-corrected chi connectivity index (χ2v) is 11.4. The van der Waals surface area contributed by atoms with Gasteiger partial charge in [-0.2, -0.15) is 0 Å². The van der Waals surface area contributed by atoms with Crippen molar-refractivity contribution in [2.24, 2.45) is 0 Å². The van der Waals surface area contributed by atoms with Crippen LogP contribution < -0.4 is 9.80 Å². The van der Waals surface area contributed by atoms with Crippen molar-refractivity contribution in [2.75, 3.05) is 63.2 Å². The number of halogens is 1. The maximum absolute atomic E-state index is 13.7. The number of sulfonamides is 1. The van der Waals surface area contributed by atoms with Crippen molar-refractivity contribution in [2.45, 2.75) is 24.2 Å². The number of hydrogen-bond donors (Lipinski definition) is 0. The Morgan fingerprint density at radius 2 is 1.58 bits per heavy atom. The zero-order chi connectivity index (χ0) is 23.6. The lowest BCUT2D eigenvalue weighted by Crippen LogP contribution is -2.49. The van der Waals surface area contributed by atoms with Crippen LogP contribution in [0.3, 0.4) is 0 Å². The topological polar surface area (TPSA) is 64.2 Å². The van der Waals surface area contributed by atoms with Crippen LogP contribution in [0.1, 0.15) is 29.6 Å². The van der Waals surface area contributed by atoms with Gasteiger partial charge in [-0.05, 0) is 55.7 Å². The first-order chi connectivity index (χ1) is 15.8. The predicted octanol–water partition coefficient (Wildman–Crippen LogP) is 3.54. The molecule has 4 rings (SSSR count). The molecule has 9 heteroatoms. The first-order valence-electron chi connectivity index (χ1n) is 11.4. The van der Waals surface area contributed by atoms with E-state index in [1.54, 1.807) is 18.2 Å². The summed E-state index contributed by atoms with van der Waals surface area (Å²) in [7, 11) is -0.628. The monoisotopic (exact) mass is 490 g/mol. The van der Waals surface area contributed by atoms with Gasteiger partial charge in [-0.1, -0.05) is 17.7 Å². The van der Waals surface area contributed by atoms with E-state index in [0.717, 1.165) is 37.3 Å². The summed E-state index contributed by atoms with van der Waals surface area (Å²) in [6.45, 7) is 4.28. The molecular formula is C24H31ClN4O3S. The molecule has 2 aromatic rings. The van der Waals surface area contributed by atoms with Gasteiger partial charge in [0.2, 0.25) is 10.0 Å². The van der Waals surface area contributed by atoms with Crippen molar-refractivity contribution >= 4 is 38.9 Å². The van der Waals surface area contributed by atoms with Gasteiger partial charge in [0.15, 0.2) is 0 Å². The van der Waals surface area contributed by atoms with E-state index >= 15 is 0 Å². The molecule has 2 heterocycles. The Hall–Kier alpha value is -2.29. The normalized spacial score (nSPS) is 17.5. The number of anilines is 2. The molecule has 178 valence electrons. The van der Waals surface area contributed by atoms with Crippen LogP contribution in [-0.2, 0) is 10.0 Å². The lowest BCUT2D eigenvalue weighted by Gasteiger charge is -2.37. The van der Waals surface area contributed by atoms with Crippen LogP contribution in [0.25, 0.3) is 0 Å². The summed E-state index contributed by atoms with van der Waals surface area (Å²) in [6.07, 6.45) is 3.33. The van der Waals surface area contributed by atoms with E-state index in [2.05, 4.69) is 9.80 Å². The Kier molecular flexibility index (Phi) is 7.16. The number of piperidine rings is 1. The number of carbonyl (C=O) groups is 1. The lowest BCUT2D eigenvalue weighted by molar-refractivity contribution is 0.0747. The molecule has 33 heavy (non-hydrogen) atoms. The van der Waals surface area contributed by atoms with Crippen molar-refractivity contribution in [3.05, 3.63) is 53.1 Å². The van der Waals surface area contributed by atoms with Crippen molar-refractivity contribution in [1.29, 1.82) is 0 Å². The highest BCUT2D eigenvalue weighted by Gasteiger charge is 2.28. The van der Waals surface area contributed by atoms with Gasteiger partial charge >= 0.3 is 0 Å². The van der Waals surface area contributed by atoms with Crippen LogP contribution in [0.15, 0.2) is 47.4 Å². The van der Waals surface area contributed by atoms with E-state index in [4.69, 9.17) is 11.6 Å². The van der Waals surface area contributed by atoms with Crippen LogP contribution in [-0.4, -0.2) is 76.9 Å². The fourth-order valence-corrected chi connectivity index (χ4v) is 5.59. The summed E-state index contributed by atoms with van der Waals surface area (Å²) in [5.41, 5.74) is 2.34. The van der Waals surface area contributed by atoms with Gasteiger partial charge < -0.3 is 14.7 Å². The molecule has 0 unspecified atom stereocenters. The Bertz CT molecular complexity index is 1110. The fraction of sp³-hybridized carbons (Fsp3) is 0.458. The molecule has 2 fully saturated rings. The zero-order valence-electron chi connectivity index (χ0n) is 19.2. The van der Waals surface area contributed by atoms with E-state index < -0.39 is 10.0 Å². The summed E-state index contributed by atoms with van der Waals surface area (Å²) in [6, 6.07) is 12.7. The van der Waals surface area contributed by atoms with Gasteiger partial charge in [0.1, 0.15) is 0 Å². The van der Waals surface area contributed by atoms with Gasteiger partial charge in [-0.3, -0.25) is 4.79 Å². The van der Waals surface area contributed by atoms with Crippen molar-refractivity contribution in [3.63, 3.8) is 0 Å². The van der Waals surface area contributed by atoms with E-state index in [1.165, 1.54) is 24.8 Å². The highest BCUT2D eigenvalue weighted by atomic mass is 35.5. The minimum absolute atomic E-state index is 0.114. The quantitative estimate of drug-likeness (QED) is 0.641. The second kappa shape index (κ2) is 9.91. The summed E-state index contributed by atoms with van der Waals surface area (Å²) in [4.78, 5) is 20.1. The molecule has 0 bridgehead atoms. The highest BCUT2D eigenvalue weighted by Crippen LogP contribution is 2.30. The molecule has 2 aliphatic rings. The van der Waals surface area contributed by atoms with E-state index in [0.29, 0.717) is 36.8 Å². The molecule has 0 aromatic heterocycles. The molecule has 7 nitrogen and oxygen atoms in total. The third-order valence-electron chi connectivity index (χ3n) is 6.41. The Morgan fingerprint density at radius 3 is 2.21 bits per heavy atom. The molecule has 0 radical (unpaired) electrons. The smallest absolute Gasteiger partial charge is 0.256 e. The van der Waals surface area contributed by atoms with Crippen LogP contribution in [0.4, 0.5) is 11.4 Å². The number of rotatable bonds is 5. The van der Waals surface area contributed by atoms with E-state index in [-0.39, 0.29) is 10.8 Å². The molecule has 0 aliphatic carbocycles. The third-order valence-corrected chi connectivity index (χ3v) is 8.46. The minimum atomic E-state index is -3.64. The summed E-state index contributed by atoms with van der Waals surface area (Å²) >= 11 is 6.14. The SMILES string of the molecule is CN(C)S(=O)(=O)c1ccc(N2CCCCC2)c(C(=O)N2CCN(c3cccc(Cl)c3)CC2)c1. The molecule has 0 saturated carbocycles. The maximum atomic E-state index is 13.7. The molecule has 2 saturated heterocycles. The van der Waals surface area contributed by atoms with Crippen molar-refractivity contribution in [3.8, 4) is 0 Å². The summed E-state index contributed by atoms with van der Waals surface area (Å²) in [5, 5.41) is 0.691. The van der Waals surface area contributed by atoms with E-state index in [1.807, 2.05) is 29.2 Å². The summed E-state index contributed by atoms with van der Waals surface area (Å²) in [5.74, 6) is -0.114. The Morgan fingerprint density at radius 1 is 0.879 bits per heavy atom. The molecule has 2 aliphatic heterocycles. The number of piperazine rings is 1. The van der Waals surface area contributed by atoms with Gasteiger partial charge in [0.05, 0.1) is 10.5 Å². The molecule has 0 spiro atoms. The third kappa shape index (κ3) is 5.13. The Labute approximate surface area is 201 Å². The average Bonchev–Trinajstić information content (AvgIpc) is 2.84. The second-order valence-electron chi connectivity index (χ2n) is 8.77. The van der Waals surface area contributed by atoms with Crippen LogP contribution in [0.2, 0.25) is 5.02 Å². The minimum Gasteiger partial charge on any atom is -0.371 e. The van der Waals surface area contributed by atoms with Crippen LogP contribution in [0, 0.1) is 0 Å². The first kappa shape index (κ1) is 23.9. The number of amides is 1. The van der Waals surface area contributed by atoms with Crippen LogP contribution in [0.5, 0.6) is 0 Å². The molecule has 1 amide bonds. The van der Waals surface area contributed by atoms with Gasteiger partial charge in [0, 0.05) is 69.8 Å². The molecule has 0 N–H and O–H groups in total. The number of hydrogen-bond acceptors (Lipinski definition) is 5. The molecule has 2 aromatic carbocycles. The largest absolute Gasteiger partial charge is 0.371 e. The number of benzene rings is 2. The van der Waals surface area contributed by atoms with Crippen molar-refractivity contribution in [1.82, 2.24) is 9.21 Å². The van der Waals surface area contributed by atoms with Gasteiger partial charge in [-0.15, -0.1) is 0 Å². The van der Waals surface area contributed by atoms with E-state index in [9.17, 15) is 13.2 Å². The maximum Gasteiger partial charge on any atom is 0.256 e. The van der Waals surface area contributed by atoms with Crippen molar-refractivity contribution < 1.29 is 13.2 Å². The standard InChI is InChI=1S/C24H31ClN4O3S/c1-26(2)33(31,32)21-9-10-23(28-11-4-3-5-12-28)22(18-21)24(30)29-15-13-27(14-16-29)20-8-6-7-19(25)17-20/h6-10,17-18H,3-5,11-16H2,1-2H3. The van der Waals surface area contributed by atoms with Gasteiger partial charge in [0.25, 0.3) is 5.91 Å². The Balaban J connectivity index is 1.60. The highest BCUT2D eigenvalue weighted by molar-refractivity contribution is 7.89. The zero-order valence-corrected chi connectivity index (χ0v) is 20.8. The fourth-order valence-electron chi connectivity index (χ4n) is 4.48.